The standard InChI is InChI=1S/C23H31N3O3/c1-4-29-22-12-8-6-10-20(22)26-15-13-25(14-16-26)18(2)23(27)24-17-19-9-5-7-11-21(19)28-3/h5-12,18H,4,13-17H2,1-3H3,(H,24,27)/t18-/m1/s1. The zero-order valence-corrected chi connectivity index (χ0v) is 17.6. The van der Waals surface area contributed by atoms with E-state index in [1.807, 2.05) is 56.3 Å². The fraction of sp³-hybridized carbons (Fsp3) is 0.435. The monoisotopic (exact) mass is 397 g/mol. The molecule has 0 saturated carbocycles. The average Bonchev–Trinajstić information content (AvgIpc) is 2.78. The zero-order valence-electron chi connectivity index (χ0n) is 17.6. The molecule has 1 aliphatic rings. The summed E-state index contributed by atoms with van der Waals surface area (Å²) in [6.07, 6.45) is 0. The third-order valence-electron chi connectivity index (χ3n) is 5.39. The molecular formula is C23H31N3O3. The van der Waals surface area contributed by atoms with Gasteiger partial charge >= 0.3 is 0 Å². The molecule has 0 bridgehead atoms. The summed E-state index contributed by atoms with van der Waals surface area (Å²) in [5.74, 6) is 1.76. The summed E-state index contributed by atoms with van der Waals surface area (Å²) in [6, 6.07) is 15.7. The lowest BCUT2D eigenvalue weighted by Gasteiger charge is -2.39. The Hall–Kier alpha value is -2.73. The van der Waals surface area contributed by atoms with Crippen LogP contribution in [0.1, 0.15) is 19.4 Å². The van der Waals surface area contributed by atoms with E-state index in [4.69, 9.17) is 9.47 Å². The van der Waals surface area contributed by atoms with Crippen LogP contribution in [-0.4, -0.2) is 56.7 Å². The Kier molecular flexibility index (Phi) is 7.36. The molecule has 29 heavy (non-hydrogen) atoms. The predicted molar refractivity (Wildman–Crippen MR) is 116 cm³/mol. The SMILES string of the molecule is CCOc1ccccc1N1CCN([C@H](C)C(=O)NCc2ccccc2OC)CC1. The van der Waals surface area contributed by atoms with E-state index in [2.05, 4.69) is 21.2 Å². The van der Waals surface area contributed by atoms with Crippen molar-refractivity contribution < 1.29 is 14.3 Å². The van der Waals surface area contributed by atoms with Crippen LogP contribution in [0, 0.1) is 0 Å². The minimum Gasteiger partial charge on any atom is -0.496 e. The van der Waals surface area contributed by atoms with Crippen LogP contribution in [0.4, 0.5) is 5.69 Å². The molecule has 1 heterocycles. The fourth-order valence-corrected chi connectivity index (χ4v) is 3.69. The first-order chi connectivity index (χ1) is 14.1. The Morgan fingerprint density at radius 2 is 1.69 bits per heavy atom. The molecule has 2 aromatic rings. The van der Waals surface area contributed by atoms with E-state index >= 15 is 0 Å². The van der Waals surface area contributed by atoms with Gasteiger partial charge in [-0.2, -0.15) is 0 Å². The molecule has 6 nitrogen and oxygen atoms in total. The van der Waals surface area contributed by atoms with E-state index in [1.54, 1.807) is 7.11 Å². The van der Waals surface area contributed by atoms with Crippen LogP contribution in [0.3, 0.4) is 0 Å². The normalized spacial score (nSPS) is 15.6. The number of anilines is 1. The minimum absolute atomic E-state index is 0.0408. The summed E-state index contributed by atoms with van der Waals surface area (Å²) in [6.45, 7) is 8.51. The highest BCUT2D eigenvalue weighted by atomic mass is 16.5. The lowest BCUT2D eigenvalue weighted by molar-refractivity contribution is -0.126. The van der Waals surface area contributed by atoms with Crippen molar-refractivity contribution >= 4 is 11.6 Å². The Morgan fingerprint density at radius 3 is 2.38 bits per heavy atom. The van der Waals surface area contributed by atoms with Crippen molar-refractivity contribution in [2.45, 2.75) is 26.4 Å². The average molecular weight is 398 g/mol. The number of hydrogen-bond acceptors (Lipinski definition) is 5. The van der Waals surface area contributed by atoms with Crippen molar-refractivity contribution in [3.8, 4) is 11.5 Å². The van der Waals surface area contributed by atoms with Crippen LogP contribution >= 0.6 is 0 Å². The van der Waals surface area contributed by atoms with Crippen LogP contribution < -0.4 is 19.7 Å². The molecule has 0 spiro atoms. The molecule has 0 aliphatic carbocycles. The van der Waals surface area contributed by atoms with Gasteiger partial charge in [-0.15, -0.1) is 0 Å². The summed E-state index contributed by atoms with van der Waals surface area (Å²) in [7, 11) is 1.65. The van der Waals surface area contributed by atoms with E-state index in [0.717, 1.165) is 48.9 Å². The lowest BCUT2D eigenvalue weighted by atomic mass is 10.1. The minimum atomic E-state index is -0.172. The van der Waals surface area contributed by atoms with Gasteiger partial charge in [0, 0.05) is 38.3 Å². The van der Waals surface area contributed by atoms with Gasteiger partial charge in [0.2, 0.25) is 5.91 Å². The van der Waals surface area contributed by atoms with Gasteiger partial charge in [0.05, 0.1) is 25.4 Å². The van der Waals surface area contributed by atoms with Crippen molar-refractivity contribution in [1.29, 1.82) is 0 Å². The second-order valence-electron chi connectivity index (χ2n) is 7.13. The predicted octanol–water partition coefficient (Wildman–Crippen LogP) is 2.92. The largest absolute Gasteiger partial charge is 0.496 e. The van der Waals surface area contributed by atoms with Crippen LogP contribution in [0.25, 0.3) is 0 Å². The lowest BCUT2D eigenvalue weighted by Crippen LogP contribution is -2.54. The Labute approximate surface area is 173 Å². The molecule has 0 radical (unpaired) electrons. The van der Waals surface area contributed by atoms with Crippen molar-refractivity contribution in [3.05, 3.63) is 54.1 Å². The first kappa shape index (κ1) is 21.0. The molecule has 1 fully saturated rings. The van der Waals surface area contributed by atoms with E-state index in [9.17, 15) is 4.79 Å². The number of benzene rings is 2. The van der Waals surface area contributed by atoms with Gasteiger partial charge in [0.1, 0.15) is 11.5 Å². The number of hydrogen-bond donors (Lipinski definition) is 1. The molecule has 1 aliphatic heterocycles. The molecule has 1 N–H and O–H groups in total. The number of rotatable bonds is 8. The Morgan fingerprint density at radius 1 is 1.03 bits per heavy atom. The third kappa shape index (κ3) is 5.21. The maximum Gasteiger partial charge on any atom is 0.237 e. The Balaban J connectivity index is 1.53. The summed E-state index contributed by atoms with van der Waals surface area (Å²) in [5, 5.41) is 3.05. The fourth-order valence-electron chi connectivity index (χ4n) is 3.69. The number of ether oxygens (including phenoxy) is 2. The van der Waals surface area contributed by atoms with Crippen molar-refractivity contribution in [1.82, 2.24) is 10.2 Å². The van der Waals surface area contributed by atoms with Crippen molar-refractivity contribution in [3.63, 3.8) is 0 Å². The van der Waals surface area contributed by atoms with Gasteiger partial charge in [-0.05, 0) is 32.0 Å². The number of para-hydroxylation sites is 3. The summed E-state index contributed by atoms with van der Waals surface area (Å²) >= 11 is 0. The second-order valence-corrected chi connectivity index (χ2v) is 7.13. The topological polar surface area (TPSA) is 54.0 Å². The summed E-state index contributed by atoms with van der Waals surface area (Å²) in [5.41, 5.74) is 2.11. The zero-order chi connectivity index (χ0) is 20.6. The molecule has 156 valence electrons. The Bertz CT molecular complexity index is 803. The molecule has 1 amide bonds. The van der Waals surface area contributed by atoms with Gasteiger partial charge in [-0.1, -0.05) is 30.3 Å². The molecule has 2 aromatic carbocycles. The highest BCUT2D eigenvalue weighted by Crippen LogP contribution is 2.29. The molecule has 3 rings (SSSR count). The highest BCUT2D eigenvalue weighted by Gasteiger charge is 2.26. The van der Waals surface area contributed by atoms with Crippen molar-refractivity contribution in [2.75, 3.05) is 44.8 Å². The molecule has 0 aromatic heterocycles. The number of amides is 1. The smallest absolute Gasteiger partial charge is 0.237 e. The van der Waals surface area contributed by atoms with E-state index in [0.29, 0.717) is 13.2 Å². The van der Waals surface area contributed by atoms with Gasteiger partial charge in [0.25, 0.3) is 0 Å². The van der Waals surface area contributed by atoms with Gasteiger partial charge in [0.15, 0.2) is 0 Å². The van der Waals surface area contributed by atoms with Gasteiger partial charge in [-0.3, -0.25) is 9.69 Å². The van der Waals surface area contributed by atoms with Gasteiger partial charge < -0.3 is 19.7 Å². The first-order valence-corrected chi connectivity index (χ1v) is 10.2. The van der Waals surface area contributed by atoms with E-state index < -0.39 is 0 Å². The number of carbonyl (C=O) groups excluding carboxylic acids is 1. The maximum atomic E-state index is 12.7. The van der Waals surface area contributed by atoms with E-state index in [1.165, 1.54) is 0 Å². The number of nitrogens with one attached hydrogen (secondary N) is 1. The maximum absolute atomic E-state index is 12.7. The molecule has 0 unspecified atom stereocenters. The third-order valence-corrected chi connectivity index (χ3v) is 5.39. The summed E-state index contributed by atoms with van der Waals surface area (Å²) in [4.78, 5) is 17.2. The van der Waals surface area contributed by atoms with Gasteiger partial charge in [-0.25, -0.2) is 0 Å². The molecule has 6 heteroatoms. The van der Waals surface area contributed by atoms with Crippen LogP contribution in [-0.2, 0) is 11.3 Å². The van der Waals surface area contributed by atoms with Crippen molar-refractivity contribution in [2.24, 2.45) is 0 Å². The number of piperazine rings is 1. The molecular weight excluding hydrogens is 366 g/mol. The quantitative estimate of drug-likeness (QED) is 0.742. The second kappa shape index (κ2) is 10.2. The van der Waals surface area contributed by atoms with Crippen LogP contribution in [0.5, 0.6) is 11.5 Å². The number of nitrogens with zero attached hydrogens (tertiary/aromatic N) is 2. The molecule has 1 saturated heterocycles. The number of carbonyl (C=O) groups is 1. The van der Waals surface area contributed by atoms with E-state index in [-0.39, 0.29) is 11.9 Å². The number of methoxy groups -OCH3 is 1. The first-order valence-electron chi connectivity index (χ1n) is 10.2. The van der Waals surface area contributed by atoms with Crippen LogP contribution in [0.2, 0.25) is 0 Å². The molecule has 1 atom stereocenters. The summed E-state index contributed by atoms with van der Waals surface area (Å²) < 4.78 is 11.1. The van der Waals surface area contributed by atoms with Crippen LogP contribution in [0.15, 0.2) is 48.5 Å². The highest BCUT2D eigenvalue weighted by molar-refractivity contribution is 5.81.